The third-order valence-corrected chi connectivity index (χ3v) is 1.67. The Morgan fingerprint density at radius 3 is 2.77 bits per heavy atom. The molecular formula is C8H12N2O3. The minimum Gasteiger partial charge on any atom is -0.496 e. The standard InChI is InChI=1S/C8H12N2O3/c1-13-7-4-5(9)2-3-6(7)8(11)10-12/h2-4,8,10-12H,9H2,1H3. The third kappa shape index (κ3) is 2.09. The number of methoxy groups -OCH3 is 1. The molecule has 0 aliphatic heterocycles. The zero-order valence-electron chi connectivity index (χ0n) is 7.19. The summed E-state index contributed by atoms with van der Waals surface area (Å²) < 4.78 is 4.96. The number of anilines is 1. The molecule has 0 saturated carbocycles. The van der Waals surface area contributed by atoms with Crippen LogP contribution in [-0.2, 0) is 0 Å². The molecule has 0 aliphatic carbocycles. The van der Waals surface area contributed by atoms with E-state index in [1.54, 1.807) is 23.7 Å². The number of hydrogen-bond acceptors (Lipinski definition) is 5. The van der Waals surface area contributed by atoms with Crippen LogP contribution >= 0.6 is 0 Å². The highest BCUT2D eigenvalue weighted by molar-refractivity contribution is 5.49. The number of ether oxygens (including phenoxy) is 1. The molecule has 0 aliphatic rings. The first kappa shape index (κ1) is 9.79. The van der Waals surface area contributed by atoms with E-state index in [4.69, 9.17) is 15.7 Å². The van der Waals surface area contributed by atoms with Crippen molar-refractivity contribution in [3.63, 3.8) is 0 Å². The van der Waals surface area contributed by atoms with Gasteiger partial charge in [0, 0.05) is 17.3 Å². The van der Waals surface area contributed by atoms with Crippen molar-refractivity contribution in [3.05, 3.63) is 23.8 Å². The molecule has 72 valence electrons. The van der Waals surface area contributed by atoms with E-state index < -0.39 is 6.23 Å². The fraction of sp³-hybridized carbons (Fsp3) is 0.250. The summed E-state index contributed by atoms with van der Waals surface area (Å²) in [6.45, 7) is 0. The molecule has 5 N–H and O–H groups in total. The quantitative estimate of drug-likeness (QED) is 0.307. The van der Waals surface area contributed by atoms with Crippen LogP contribution < -0.4 is 16.0 Å². The second-order valence-electron chi connectivity index (χ2n) is 2.53. The van der Waals surface area contributed by atoms with Crippen molar-refractivity contribution in [2.45, 2.75) is 6.23 Å². The molecular weight excluding hydrogens is 172 g/mol. The molecule has 1 rings (SSSR count). The van der Waals surface area contributed by atoms with Crippen molar-refractivity contribution >= 4 is 5.69 Å². The summed E-state index contributed by atoms with van der Waals surface area (Å²) in [5.74, 6) is 0.425. The zero-order valence-corrected chi connectivity index (χ0v) is 7.19. The van der Waals surface area contributed by atoms with Gasteiger partial charge < -0.3 is 20.8 Å². The van der Waals surface area contributed by atoms with Crippen molar-refractivity contribution in [2.75, 3.05) is 12.8 Å². The van der Waals surface area contributed by atoms with Crippen LogP contribution in [0.3, 0.4) is 0 Å². The van der Waals surface area contributed by atoms with Crippen molar-refractivity contribution in [2.24, 2.45) is 0 Å². The van der Waals surface area contributed by atoms with Crippen molar-refractivity contribution < 1.29 is 15.1 Å². The van der Waals surface area contributed by atoms with Gasteiger partial charge in [-0.05, 0) is 12.1 Å². The number of nitrogens with two attached hydrogens (primary N) is 1. The maximum Gasteiger partial charge on any atom is 0.156 e. The number of aliphatic hydroxyl groups is 1. The van der Waals surface area contributed by atoms with Crippen LogP contribution in [0, 0.1) is 0 Å². The summed E-state index contributed by atoms with van der Waals surface area (Å²) in [6, 6.07) is 4.75. The van der Waals surface area contributed by atoms with Gasteiger partial charge in [-0.1, -0.05) is 0 Å². The smallest absolute Gasteiger partial charge is 0.156 e. The average Bonchev–Trinajstić information content (AvgIpc) is 2.16. The van der Waals surface area contributed by atoms with Crippen LogP contribution in [-0.4, -0.2) is 17.4 Å². The summed E-state index contributed by atoms with van der Waals surface area (Å²) in [7, 11) is 1.46. The fourth-order valence-electron chi connectivity index (χ4n) is 1.02. The summed E-state index contributed by atoms with van der Waals surface area (Å²) >= 11 is 0. The summed E-state index contributed by atoms with van der Waals surface area (Å²) in [6.07, 6.45) is -1.17. The lowest BCUT2D eigenvalue weighted by Crippen LogP contribution is -2.16. The zero-order chi connectivity index (χ0) is 9.84. The highest BCUT2D eigenvalue weighted by Gasteiger charge is 2.11. The van der Waals surface area contributed by atoms with E-state index in [-0.39, 0.29) is 0 Å². The molecule has 1 atom stereocenters. The van der Waals surface area contributed by atoms with Crippen LogP contribution in [0.2, 0.25) is 0 Å². The number of nitrogens with one attached hydrogen (secondary N) is 1. The molecule has 0 bridgehead atoms. The second-order valence-corrected chi connectivity index (χ2v) is 2.53. The van der Waals surface area contributed by atoms with Crippen LogP contribution in [0.15, 0.2) is 18.2 Å². The molecule has 0 heterocycles. The molecule has 1 aromatic carbocycles. The first-order chi connectivity index (χ1) is 6.19. The van der Waals surface area contributed by atoms with Crippen LogP contribution in [0.4, 0.5) is 5.69 Å². The van der Waals surface area contributed by atoms with Crippen molar-refractivity contribution in [1.82, 2.24) is 5.48 Å². The van der Waals surface area contributed by atoms with Gasteiger partial charge in [0.1, 0.15) is 5.75 Å². The van der Waals surface area contributed by atoms with Gasteiger partial charge in [0.05, 0.1) is 7.11 Å². The number of aliphatic hydroxyl groups excluding tert-OH is 1. The maximum atomic E-state index is 9.25. The highest BCUT2D eigenvalue weighted by atomic mass is 16.5. The Kier molecular flexibility index (Phi) is 3.07. The summed E-state index contributed by atoms with van der Waals surface area (Å²) in [5.41, 5.74) is 8.17. The highest BCUT2D eigenvalue weighted by Crippen LogP contribution is 2.25. The number of hydroxylamine groups is 1. The van der Waals surface area contributed by atoms with Gasteiger partial charge >= 0.3 is 0 Å². The van der Waals surface area contributed by atoms with Gasteiger partial charge in [-0.15, -0.1) is 0 Å². The lowest BCUT2D eigenvalue weighted by atomic mass is 10.1. The first-order valence-corrected chi connectivity index (χ1v) is 3.70. The molecule has 5 nitrogen and oxygen atoms in total. The molecule has 1 aromatic rings. The maximum absolute atomic E-state index is 9.25. The normalized spacial score (nSPS) is 12.5. The van der Waals surface area contributed by atoms with E-state index in [1.165, 1.54) is 7.11 Å². The van der Waals surface area contributed by atoms with Gasteiger partial charge in [0.2, 0.25) is 0 Å². The van der Waals surface area contributed by atoms with Crippen molar-refractivity contribution in [3.8, 4) is 5.75 Å². The Hall–Kier alpha value is -1.30. The van der Waals surface area contributed by atoms with E-state index in [1.807, 2.05) is 0 Å². The Balaban J connectivity index is 3.05. The minimum atomic E-state index is -1.17. The molecule has 0 radical (unpaired) electrons. The molecule has 1 unspecified atom stereocenters. The molecule has 0 amide bonds. The van der Waals surface area contributed by atoms with Gasteiger partial charge in [-0.3, -0.25) is 0 Å². The number of rotatable bonds is 3. The average molecular weight is 184 g/mol. The van der Waals surface area contributed by atoms with Gasteiger partial charge in [0.25, 0.3) is 0 Å². The number of benzene rings is 1. The monoisotopic (exact) mass is 184 g/mol. The largest absolute Gasteiger partial charge is 0.496 e. The Labute approximate surface area is 75.7 Å². The molecule has 13 heavy (non-hydrogen) atoms. The lowest BCUT2D eigenvalue weighted by molar-refractivity contribution is -0.000563. The number of nitrogen functional groups attached to an aromatic ring is 1. The van der Waals surface area contributed by atoms with Crippen LogP contribution in [0.1, 0.15) is 11.8 Å². The Morgan fingerprint density at radius 1 is 1.54 bits per heavy atom. The van der Waals surface area contributed by atoms with E-state index in [0.29, 0.717) is 17.0 Å². The summed E-state index contributed by atoms with van der Waals surface area (Å²) in [4.78, 5) is 0. The number of hydrogen-bond donors (Lipinski definition) is 4. The topological polar surface area (TPSA) is 87.7 Å². The minimum absolute atomic E-state index is 0.425. The molecule has 0 saturated heterocycles. The second kappa shape index (κ2) is 4.08. The predicted molar refractivity (Wildman–Crippen MR) is 47.3 cm³/mol. The SMILES string of the molecule is COc1cc(N)ccc1C(O)NO. The summed E-state index contributed by atoms with van der Waals surface area (Å²) in [5, 5.41) is 17.7. The fourth-order valence-corrected chi connectivity index (χ4v) is 1.02. The van der Waals surface area contributed by atoms with Gasteiger partial charge in [-0.25, -0.2) is 0 Å². The van der Waals surface area contributed by atoms with Gasteiger partial charge in [0.15, 0.2) is 6.23 Å². The van der Waals surface area contributed by atoms with E-state index in [2.05, 4.69) is 0 Å². The molecule has 5 heteroatoms. The van der Waals surface area contributed by atoms with E-state index in [0.717, 1.165) is 0 Å². The lowest BCUT2D eigenvalue weighted by Gasteiger charge is -2.13. The molecule has 0 fully saturated rings. The molecule has 0 aromatic heterocycles. The van der Waals surface area contributed by atoms with Crippen LogP contribution in [0.25, 0.3) is 0 Å². The Morgan fingerprint density at radius 2 is 2.23 bits per heavy atom. The van der Waals surface area contributed by atoms with E-state index in [9.17, 15) is 5.11 Å². The molecule has 0 spiro atoms. The first-order valence-electron chi connectivity index (χ1n) is 3.70. The van der Waals surface area contributed by atoms with E-state index >= 15 is 0 Å². The Bertz CT molecular complexity index is 291. The third-order valence-electron chi connectivity index (χ3n) is 1.67. The van der Waals surface area contributed by atoms with Crippen LogP contribution in [0.5, 0.6) is 5.75 Å². The van der Waals surface area contributed by atoms with Crippen molar-refractivity contribution in [1.29, 1.82) is 0 Å². The van der Waals surface area contributed by atoms with Gasteiger partial charge in [-0.2, -0.15) is 5.48 Å². The predicted octanol–water partition coefficient (Wildman–Crippen LogP) is 0.247.